The first-order valence-corrected chi connectivity index (χ1v) is 5.29. The van der Waals surface area contributed by atoms with Crippen molar-refractivity contribution in [2.45, 2.75) is 26.3 Å². The van der Waals surface area contributed by atoms with Crippen LogP contribution in [0.5, 0.6) is 0 Å². The van der Waals surface area contributed by atoms with Crippen molar-refractivity contribution in [2.75, 3.05) is 13.2 Å². The number of nitrogens with one attached hydrogen (secondary N) is 1. The Kier molecular flexibility index (Phi) is 5.01. The van der Waals surface area contributed by atoms with Crippen LogP contribution in [0.3, 0.4) is 0 Å². The van der Waals surface area contributed by atoms with Gasteiger partial charge in [0, 0.05) is 12.2 Å². The Bertz CT molecular complexity index is 346. The number of rotatable bonds is 7. The summed E-state index contributed by atoms with van der Waals surface area (Å²) in [5, 5.41) is 20.5. The third kappa shape index (κ3) is 3.67. The van der Waals surface area contributed by atoms with Gasteiger partial charge in [0.2, 0.25) is 5.76 Å². The zero-order valence-electron chi connectivity index (χ0n) is 9.32. The average molecular weight is 227 g/mol. The van der Waals surface area contributed by atoms with Gasteiger partial charge >= 0.3 is 5.97 Å². The number of hydrogen-bond acceptors (Lipinski definition) is 4. The van der Waals surface area contributed by atoms with Gasteiger partial charge in [-0.25, -0.2) is 4.79 Å². The summed E-state index contributed by atoms with van der Waals surface area (Å²) in [4.78, 5) is 10.7. The quantitative estimate of drug-likeness (QED) is 0.609. The molecule has 0 unspecified atom stereocenters. The lowest BCUT2D eigenvalue weighted by Crippen LogP contribution is -2.14. The van der Waals surface area contributed by atoms with Gasteiger partial charge in [-0.3, -0.25) is 0 Å². The van der Waals surface area contributed by atoms with Crippen molar-refractivity contribution in [3.63, 3.8) is 0 Å². The van der Waals surface area contributed by atoms with Gasteiger partial charge in [-0.05, 0) is 32.4 Å². The number of furan rings is 1. The number of unbranched alkanes of at least 4 members (excludes halogenated alkanes) is 1. The Morgan fingerprint density at radius 3 is 2.81 bits per heavy atom. The summed E-state index contributed by atoms with van der Waals surface area (Å²) in [6.45, 7) is 3.20. The minimum atomic E-state index is -1.04. The maximum Gasteiger partial charge on any atom is 0.372 e. The van der Waals surface area contributed by atoms with Crippen LogP contribution in [-0.4, -0.2) is 29.3 Å². The van der Waals surface area contributed by atoms with Crippen LogP contribution in [0.15, 0.2) is 10.5 Å². The molecule has 0 spiro atoms. The zero-order chi connectivity index (χ0) is 12.0. The first kappa shape index (κ1) is 12.7. The van der Waals surface area contributed by atoms with Crippen LogP contribution in [0.2, 0.25) is 0 Å². The third-order valence-electron chi connectivity index (χ3n) is 2.22. The van der Waals surface area contributed by atoms with E-state index in [-0.39, 0.29) is 12.4 Å². The van der Waals surface area contributed by atoms with Gasteiger partial charge in [-0.15, -0.1) is 0 Å². The van der Waals surface area contributed by atoms with Crippen LogP contribution in [0.1, 0.15) is 34.7 Å². The van der Waals surface area contributed by atoms with Crippen molar-refractivity contribution >= 4 is 5.97 Å². The molecule has 0 bridgehead atoms. The van der Waals surface area contributed by atoms with Gasteiger partial charge < -0.3 is 19.9 Å². The normalized spacial score (nSPS) is 10.6. The lowest BCUT2D eigenvalue weighted by atomic mass is 10.2. The summed E-state index contributed by atoms with van der Waals surface area (Å²) in [6, 6.07) is 1.72. The maximum absolute atomic E-state index is 10.7. The van der Waals surface area contributed by atoms with Gasteiger partial charge in [-0.1, -0.05) is 0 Å². The van der Waals surface area contributed by atoms with Crippen LogP contribution in [0.25, 0.3) is 0 Å². The first-order valence-electron chi connectivity index (χ1n) is 5.29. The van der Waals surface area contributed by atoms with E-state index in [0.29, 0.717) is 17.9 Å². The molecule has 0 saturated carbocycles. The fourth-order valence-corrected chi connectivity index (χ4v) is 1.42. The molecular weight excluding hydrogens is 210 g/mol. The predicted octanol–water partition coefficient (Wildman–Crippen LogP) is 1.15. The fourth-order valence-electron chi connectivity index (χ4n) is 1.42. The molecule has 1 aromatic heterocycles. The number of aliphatic hydroxyl groups excluding tert-OH is 1. The smallest absolute Gasteiger partial charge is 0.372 e. The van der Waals surface area contributed by atoms with E-state index in [4.69, 9.17) is 14.6 Å². The minimum absolute atomic E-state index is 0.00663. The number of aromatic carboxylic acids is 1. The summed E-state index contributed by atoms with van der Waals surface area (Å²) in [6.07, 6.45) is 1.66. The van der Waals surface area contributed by atoms with E-state index < -0.39 is 5.97 Å². The van der Waals surface area contributed by atoms with Crippen molar-refractivity contribution in [1.29, 1.82) is 0 Å². The molecule has 0 fully saturated rings. The highest BCUT2D eigenvalue weighted by atomic mass is 16.4. The van der Waals surface area contributed by atoms with Crippen LogP contribution in [0, 0.1) is 6.92 Å². The molecule has 5 nitrogen and oxygen atoms in total. The monoisotopic (exact) mass is 227 g/mol. The molecule has 0 aliphatic carbocycles. The molecule has 90 valence electrons. The SMILES string of the molecule is Cc1cc(CNCCCCO)oc1C(=O)O. The number of aliphatic hydroxyl groups is 1. The van der Waals surface area contributed by atoms with Crippen molar-refractivity contribution in [2.24, 2.45) is 0 Å². The highest BCUT2D eigenvalue weighted by molar-refractivity contribution is 5.86. The minimum Gasteiger partial charge on any atom is -0.475 e. The van der Waals surface area contributed by atoms with Crippen molar-refractivity contribution in [3.8, 4) is 0 Å². The summed E-state index contributed by atoms with van der Waals surface area (Å²) in [5.41, 5.74) is 0.639. The summed E-state index contributed by atoms with van der Waals surface area (Å²) in [5.74, 6) is -0.407. The highest BCUT2D eigenvalue weighted by Gasteiger charge is 2.13. The first-order chi connectivity index (χ1) is 7.65. The number of carboxylic acid groups (broad SMARTS) is 1. The number of aryl methyl sites for hydroxylation is 1. The van der Waals surface area contributed by atoms with Crippen molar-refractivity contribution in [3.05, 3.63) is 23.2 Å². The number of carboxylic acids is 1. The van der Waals surface area contributed by atoms with E-state index in [1.54, 1.807) is 13.0 Å². The maximum atomic E-state index is 10.7. The molecule has 0 aromatic carbocycles. The molecule has 3 N–H and O–H groups in total. The Morgan fingerprint density at radius 2 is 2.25 bits per heavy atom. The summed E-state index contributed by atoms with van der Waals surface area (Å²) >= 11 is 0. The average Bonchev–Trinajstić information content (AvgIpc) is 2.59. The molecule has 0 aliphatic heterocycles. The molecule has 0 saturated heterocycles. The van der Waals surface area contributed by atoms with Crippen molar-refractivity contribution < 1.29 is 19.4 Å². The molecule has 1 rings (SSSR count). The van der Waals surface area contributed by atoms with Crippen molar-refractivity contribution in [1.82, 2.24) is 5.32 Å². The number of hydrogen-bond donors (Lipinski definition) is 3. The van der Waals surface area contributed by atoms with Gasteiger partial charge in [0.25, 0.3) is 0 Å². The Hall–Kier alpha value is -1.33. The topological polar surface area (TPSA) is 82.7 Å². The van der Waals surface area contributed by atoms with Gasteiger partial charge in [0.05, 0.1) is 6.54 Å². The zero-order valence-corrected chi connectivity index (χ0v) is 9.32. The lowest BCUT2D eigenvalue weighted by Gasteiger charge is -2.00. The van der Waals surface area contributed by atoms with Crippen LogP contribution >= 0.6 is 0 Å². The summed E-state index contributed by atoms with van der Waals surface area (Å²) < 4.78 is 5.17. The Balaban J connectivity index is 2.37. The Morgan fingerprint density at radius 1 is 1.50 bits per heavy atom. The molecule has 0 aliphatic rings. The van der Waals surface area contributed by atoms with Crippen LogP contribution in [0.4, 0.5) is 0 Å². The van der Waals surface area contributed by atoms with E-state index >= 15 is 0 Å². The van der Waals surface area contributed by atoms with E-state index in [1.807, 2.05) is 0 Å². The molecular formula is C11H17NO4. The second-order valence-electron chi connectivity index (χ2n) is 3.64. The lowest BCUT2D eigenvalue weighted by molar-refractivity contribution is 0.0659. The standard InChI is InChI=1S/C11H17NO4/c1-8-6-9(16-10(8)11(14)15)7-12-4-2-3-5-13/h6,12-13H,2-5,7H2,1H3,(H,14,15). The number of carbonyl (C=O) groups is 1. The molecule has 0 radical (unpaired) electrons. The van der Waals surface area contributed by atoms with E-state index in [2.05, 4.69) is 5.32 Å². The molecule has 16 heavy (non-hydrogen) atoms. The Labute approximate surface area is 94.1 Å². The van der Waals surface area contributed by atoms with Gasteiger partial charge in [0.15, 0.2) is 0 Å². The van der Waals surface area contributed by atoms with Gasteiger partial charge in [-0.2, -0.15) is 0 Å². The highest BCUT2D eigenvalue weighted by Crippen LogP contribution is 2.14. The molecule has 1 heterocycles. The fraction of sp³-hybridized carbons (Fsp3) is 0.545. The third-order valence-corrected chi connectivity index (χ3v) is 2.22. The second kappa shape index (κ2) is 6.30. The largest absolute Gasteiger partial charge is 0.475 e. The van der Waals surface area contributed by atoms with Crippen LogP contribution < -0.4 is 5.32 Å². The molecule has 1 aromatic rings. The van der Waals surface area contributed by atoms with Crippen LogP contribution in [-0.2, 0) is 6.54 Å². The predicted molar refractivity (Wildman–Crippen MR) is 58.4 cm³/mol. The van der Waals surface area contributed by atoms with E-state index in [0.717, 1.165) is 19.4 Å². The summed E-state index contributed by atoms with van der Waals surface area (Å²) in [7, 11) is 0. The molecule has 5 heteroatoms. The van der Waals surface area contributed by atoms with E-state index in [9.17, 15) is 4.79 Å². The van der Waals surface area contributed by atoms with Gasteiger partial charge in [0.1, 0.15) is 5.76 Å². The second-order valence-corrected chi connectivity index (χ2v) is 3.64. The molecule has 0 atom stereocenters. The molecule has 0 amide bonds. The van der Waals surface area contributed by atoms with E-state index in [1.165, 1.54) is 0 Å².